The van der Waals surface area contributed by atoms with Crippen LogP contribution in [0.2, 0.25) is 0 Å². The van der Waals surface area contributed by atoms with Crippen LogP contribution in [-0.2, 0) is 11.2 Å². The molecule has 0 saturated carbocycles. The molecular formula is C17H15NOS2. The maximum absolute atomic E-state index is 12.1. The smallest absolute Gasteiger partial charge is 0.224 e. The van der Waals surface area contributed by atoms with Gasteiger partial charge in [-0.1, -0.05) is 30.3 Å². The van der Waals surface area contributed by atoms with E-state index in [-0.39, 0.29) is 5.91 Å². The number of amides is 1. The first-order valence-corrected chi connectivity index (χ1v) is 8.54. The second kappa shape index (κ2) is 6.70. The molecule has 0 aliphatic carbocycles. The van der Waals surface area contributed by atoms with Gasteiger partial charge in [-0.15, -0.1) is 22.7 Å². The topological polar surface area (TPSA) is 29.1 Å². The van der Waals surface area contributed by atoms with E-state index >= 15 is 0 Å². The van der Waals surface area contributed by atoms with Gasteiger partial charge >= 0.3 is 0 Å². The summed E-state index contributed by atoms with van der Waals surface area (Å²) in [5.41, 5.74) is 1.97. The summed E-state index contributed by atoms with van der Waals surface area (Å²) in [7, 11) is 0. The Bertz CT molecular complexity index is 702. The Balaban J connectivity index is 1.69. The van der Waals surface area contributed by atoms with Crippen LogP contribution in [0.1, 0.15) is 11.3 Å². The molecule has 1 aromatic carbocycles. The summed E-state index contributed by atoms with van der Waals surface area (Å²) >= 11 is 3.37. The van der Waals surface area contributed by atoms with Crippen molar-refractivity contribution in [2.24, 2.45) is 0 Å². The Kier molecular flexibility index (Phi) is 4.48. The zero-order chi connectivity index (χ0) is 14.5. The normalized spacial score (nSPS) is 10.5. The van der Waals surface area contributed by atoms with Gasteiger partial charge in [-0.05, 0) is 35.4 Å². The van der Waals surface area contributed by atoms with E-state index in [2.05, 4.69) is 17.4 Å². The SMILES string of the molecule is O=C(CCc1cccs1)Nc1ccccc1-c1cccs1. The van der Waals surface area contributed by atoms with Gasteiger partial charge in [-0.3, -0.25) is 4.79 Å². The van der Waals surface area contributed by atoms with Crippen molar-refractivity contribution >= 4 is 34.3 Å². The van der Waals surface area contributed by atoms with Crippen molar-refractivity contribution in [3.8, 4) is 10.4 Å². The number of benzene rings is 1. The van der Waals surface area contributed by atoms with Gasteiger partial charge in [0, 0.05) is 27.4 Å². The van der Waals surface area contributed by atoms with Crippen molar-refractivity contribution in [2.45, 2.75) is 12.8 Å². The van der Waals surface area contributed by atoms with Crippen LogP contribution in [0.15, 0.2) is 59.3 Å². The minimum Gasteiger partial charge on any atom is -0.325 e. The quantitative estimate of drug-likeness (QED) is 0.702. The number of para-hydroxylation sites is 1. The molecule has 2 aromatic heterocycles. The van der Waals surface area contributed by atoms with E-state index in [1.807, 2.05) is 47.2 Å². The van der Waals surface area contributed by atoms with E-state index in [9.17, 15) is 4.79 Å². The maximum Gasteiger partial charge on any atom is 0.224 e. The average Bonchev–Trinajstić information content (AvgIpc) is 3.19. The molecule has 106 valence electrons. The van der Waals surface area contributed by atoms with E-state index in [4.69, 9.17) is 0 Å². The number of carbonyl (C=O) groups is 1. The molecule has 0 bridgehead atoms. The van der Waals surface area contributed by atoms with Crippen LogP contribution < -0.4 is 5.32 Å². The highest BCUT2D eigenvalue weighted by atomic mass is 32.1. The van der Waals surface area contributed by atoms with Crippen LogP contribution in [0.5, 0.6) is 0 Å². The number of anilines is 1. The fraction of sp³-hybridized carbons (Fsp3) is 0.118. The van der Waals surface area contributed by atoms with Gasteiger partial charge in [0.05, 0.1) is 0 Å². The van der Waals surface area contributed by atoms with Crippen molar-refractivity contribution < 1.29 is 4.79 Å². The van der Waals surface area contributed by atoms with Gasteiger partial charge in [0.1, 0.15) is 0 Å². The Morgan fingerprint density at radius 2 is 1.76 bits per heavy atom. The molecule has 3 rings (SSSR count). The minimum absolute atomic E-state index is 0.0624. The van der Waals surface area contributed by atoms with E-state index < -0.39 is 0 Å². The lowest BCUT2D eigenvalue weighted by Gasteiger charge is -2.09. The molecule has 0 atom stereocenters. The summed E-state index contributed by atoms with van der Waals surface area (Å²) in [6, 6.07) is 16.1. The van der Waals surface area contributed by atoms with E-state index in [1.165, 1.54) is 9.75 Å². The van der Waals surface area contributed by atoms with Crippen molar-refractivity contribution in [3.63, 3.8) is 0 Å². The molecule has 21 heavy (non-hydrogen) atoms. The van der Waals surface area contributed by atoms with Gasteiger partial charge in [-0.25, -0.2) is 0 Å². The molecule has 0 fully saturated rings. The molecule has 0 saturated heterocycles. The molecule has 0 unspecified atom stereocenters. The van der Waals surface area contributed by atoms with Crippen molar-refractivity contribution in [1.29, 1.82) is 0 Å². The molecule has 1 N–H and O–H groups in total. The van der Waals surface area contributed by atoms with Crippen LogP contribution in [0, 0.1) is 0 Å². The highest BCUT2D eigenvalue weighted by molar-refractivity contribution is 7.13. The predicted molar refractivity (Wildman–Crippen MR) is 91.0 cm³/mol. The molecule has 0 radical (unpaired) electrons. The molecule has 0 spiro atoms. The summed E-state index contributed by atoms with van der Waals surface area (Å²) in [5.74, 6) is 0.0624. The van der Waals surface area contributed by atoms with Crippen LogP contribution in [0.4, 0.5) is 5.69 Å². The summed E-state index contributed by atoms with van der Waals surface area (Å²) < 4.78 is 0. The van der Waals surface area contributed by atoms with Crippen molar-refractivity contribution in [2.75, 3.05) is 5.32 Å². The second-order valence-electron chi connectivity index (χ2n) is 4.65. The van der Waals surface area contributed by atoms with Gasteiger partial charge in [0.25, 0.3) is 0 Å². The summed E-state index contributed by atoms with van der Waals surface area (Å²) in [4.78, 5) is 14.5. The van der Waals surface area contributed by atoms with Gasteiger partial charge in [-0.2, -0.15) is 0 Å². The fourth-order valence-electron chi connectivity index (χ4n) is 2.14. The van der Waals surface area contributed by atoms with Gasteiger partial charge in [0.15, 0.2) is 0 Å². The standard InChI is InChI=1S/C17H15NOS2/c19-17(10-9-13-5-3-11-20-13)18-15-7-2-1-6-14(15)16-8-4-12-21-16/h1-8,11-12H,9-10H2,(H,18,19). The second-order valence-corrected chi connectivity index (χ2v) is 6.63. The Hall–Kier alpha value is -1.91. The fourth-order valence-corrected chi connectivity index (χ4v) is 3.62. The third-order valence-corrected chi connectivity index (χ3v) is 5.01. The van der Waals surface area contributed by atoms with Gasteiger partial charge < -0.3 is 5.32 Å². The van der Waals surface area contributed by atoms with Crippen LogP contribution in [0.25, 0.3) is 10.4 Å². The Labute approximate surface area is 132 Å². The van der Waals surface area contributed by atoms with E-state index in [0.29, 0.717) is 6.42 Å². The number of rotatable bonds is 5. The molecule has 0 aliphatic heterocycles. The Morgan fingerprint density at radius 1 is 0.952 bits per heavy atom. The third kappa shape index (κ3) is 3.60. The zero-order valence-electron chi connectivity index (χ0n) is 11.4. The van der Waals surface area contributed by atoms with Crippen LogP contribution in [0.3, 0.4) is 0 Å². The molecule has 3 aromatic rings. The van der Waals surface area contributed by atoms with Crippen LogP contribution >= 0.6 is 22.7 Å². The van der Waals surface area contributed by atoms with Crippen molar-refractivity contribution in [3.05, 3.63) is 64.2 Å². The first kappa shape index (κ1) is 14.0. The molecule has 4 heteroatoms. The molecule has 1 amide bonds. The first-order valence-electron chi connectivity index (χ1n) is 6.78. The van der Waals surface area contributed by atoms with E-state index in [0.717, 1.165) is 17.7 Å². The number of hydrogen-bond donors (Lipinski definition) is 1. The van der Waals surface area contributed by atoms with Crippen molar-refractivity contribution in [1.82, 2.24) is 0 Å². The van der Waals surface area contributed by atoms with E-state index in [1.54, 1.807) is 22.7 Å². The largest absolute Gasteiger partial charge is 0.325 e. The highest BCUT2D eigenvalue weighted by Gasteiger charge is 2.09. The summed E-state index contributed by atoms with van der Waals surface area (Å²) in [5, 5.41) is 7.12. The molecule has 2 nitrogen and oxygen atoms in total. The summed E-state index contributed by atoms with van der Waals surface area (Å²) in [6.45, 7) is 0. The van der Waals surface area contributed by atoms with Gasteiger partial charge in [0.2, 0.25) is 5.91 Å². The van der Waals surface area contributed by atoms with Crippen LogP contribution in [-0.4, -0.2) is 5.91 Å². The number of thiophene rings is 2. The number of nitrogens with one attached hydrogen (secondary N) is 1. The lowest BCUT2D eigenvalue weighted by atomic mass is 10.1. The number of aryl methyl sites for hydroxylation is 1. The molecular weight excluding hydrogens is 298 g/mol. The number of hydrogen-bond acceptors (Lipinski definition) is 3. The lowest BCUT2D eigenvalue weighted by Crippen LogP contribution is -2.12. The predicted octanol–water partition coefficient (Wildman–Crippen LogP) is 5.05. The lowest BCUT2D eigenvalue weighted by molar-refractivity contribution is -0.116. The first-order chi connectivity index (χ1) is 10.3. The third-order valence-electron chi connectivity index (χ3n) is 3.17. The number of carbonyl (C=O) groups excluding carboxylic acids is 1. The molecule has 0 aliphatic rings. The highest BCUT2D eigenvalue weighted by Crippen LogP contribution is 2.31. The minimum atomic E-state index is 0.0624. The monoisotopic (exact) mass is 313 g/mol. The maximum atomic E-state index is 12.1. The Morgan fingerprint density at radius 3 is 2.52 bits per heavy atom. The average molecular weight is 313 g/mol. The summed E-state index contributed by atoms with van der Waals surface area (Å²) in [6.07, 6.45) is 1.31. The zero-order valence-corrected chi connectivity index (χ0v) is 13.0. The molecule has 2 heterocycles.